The average Bonchev–Trinajstić information content (AvgIpc) is 0.933. The molecule has 19 heteroatoms. The van der Waals surface area contributed by atoms with Gasteiger partial charge in [0.1, 0.15) is 19.3 Å². The summed E-state index contributed by atoms with van der Waals surface area (Å²) in [7, 11) is -10.0. The minimum absolute atomic E-state index is 0.0286. The number of ether oxygens (including phenoxy) is 4. The number of rotatable bonds is 74. The molecule has 0 radical (unpaired) electrons. The molecular formula is C87H142O17P2. The van der Waals surface area contributed by atoms with E-state index < -0.39 is 97.5 Å². The molecule has 0 aromatic carbocycles. The maximum atomic E-state index is 13.1. The number of esters is 4. The number of carbonyl (C=O) groups is 4. The van der Waals surface area contributed by atoms with Crippen molar-refractivity contribution >= 4 is 39.5 Å². The summed E-state index contributed by atoms with van der Waals surface area (Å²) >= 11 is 0. The Labute approximate surface area is 642 Å². The molecule has 0 amide bonds. The summed E-state index contributed by atoms with van der Waals surface area (Å²) < 4.78 is 68.5. The van der Waals surface area contributed by atoms with Gasteiger partial charge in [-0.05, 0) is 154 Å². The first-order chi connectivity index (χ1) is 51.7. The summed E-state index contributed by atoms with van der Waals surface area (Å²) in [6.45, 7) is 4.40. The van der Waals surface area contributed by atoms with E-state index in [-0.39, 0.29) is 25.7 Å². The third-order valence-electron chi connectivity index (χ3n) is 16.2. The zero-order valence-corrected chi connectivity index (χ0v) is 67.6. The minimum atomic E-state index is -5.01. The van der Waals surface area contributed by atoms with Gasteiger partial charge in [0.2, 0.25) is 0 Å². The molecule has 0 fully saturated rings. The van der Waals surface area contributed by atoms with E-state index in [9.17, 15) is 43.2 Å². The lowest BCUT2D eigenvalue weighted by Crippen LogP contribution is -2.30. The first kappa shape index (κ1) is 100. The topological polar surface area (TPSA) is 237 Å². The lowest BCUT2D eigenvalue weighted by molar-refractivity contribution is -0.161. The quantitative estimate of drug-likeness (QED) is 0.0169. The molecule has 0 aliphatic heterocycles. The number of allylic oxidation sites excluding steroid dienone is 28. The van der Waals surface area contributed by atoms with Crippen molar-refractivity contribution in [2.24, 2.45) is 0 Å². The summed E-state index contributed by atoms with van der Waals surface area (Å²) in [5.41, 5.74) is 0. The average molecular weight is 1520 g/mol. The van der Waals surface area contributed by atoms with Gasteiger partial charge in [0.15, 0.2) is 12.2 Å². The second kappa shape index (κ2) is 77.6. The van der Waals surface area contributed by atoms with Crippen molar-refractivity contribution in [1.29, 1.82) is 0 Å². The third-order valence-corrected chi connectivity index (χ3v) is 18.1. The Morgan fingerprint density at radius 3 is 0.774 bits per heavy atom. The Hall–Kier alpha value is -5.58. The number of phosphoric ester groups is 2. The van der Waals surface area contributed by atoms with Gasteiger partial charge in [-0.25, -0.2) is 9.13 Å². The minimum Gasteiger partial charge on any atom is -0.462 e. The highest BCUT2D eigenvalue weighted by atomic mass is 31.2. The van der Waals surface area contributed by atoms with E-state index in [2.05, 4.69) is 198 Å². The predicted molar refractivity (Wildman–Crippen MR) is 436 cm³/mol. The van der Waals surface area contributed by atoms with Gasteiger partial charge in [-0.3, -0.25) is 37.3 Å². The zero-order valence-electron chi connectivity index (χ0n) is 65.8. The van der Waals surface area contributed by atoms with Crippen LogP contribution in [0.4, 0.5) is 0 Å². The fourth-order valence-corrected chi connectivity index (χ4v) is 11.7. The Bertz CT molecular complexity index is 2680. The Morgan fingerprint density at radius 2 is 0.491 bits per heavy atom. The van der Waals surface area contributed by atoms with Crippen molar-refractivity contribution < 1.29 is 80.2 Å². The highest BCUT2D eigenvalue weighted by molar-refractivity contribution is 7.47. The summed E-state index contributed by atoms with van der Waals surface area (Å²) in [6, 6.07) is 0. The maximum Gasteiger partial charge on any atom is 0.472 e. The molecule has 0 aliphatic carbocycles. The first-order valence-electron chi connectivity index (χ1n) is 40.4. The van der Waals surface area contributed by atoms with Crippen LogP contribution < -0.4 is 0 Å². The van der Waals surface area contributed by atoms with Gasteiger partial charge in [0.05, 0.1) is 26.4 Å². The van der Waals surface area contributed by atoms with Crippen molar-refractivity contribution in [3.8, 4) is 0 Å². The summed E-state index contributed by atoms with van der Waals surface area (Å²) in [5.74, 6) is -2.30. The van der Waals surface area contributed by atoms with E-state index in [0.717, 1.165) is 161 Å². The van der Waals surface area contributed by atoms with Crippen LogP contribution in [0.25, 0.3) is 0 Å². The molecular weight excluding hydrogens is 1380 g/mol. The van der Waals surface area contributed by atoms with Crippen LogP contribution in [0.2, 0.25) is 0 Å². The zero-order chi connectivity index (χ0) is 77.4. The van der Waals surface area contributed by atoms with Crippen molar-refractivity contribution in [2.45, 2.75) is 316 Å². The third kappa shape index (κ3) is 76.6. The first-order valence-corrected chi connectivity index (χ1v) is 43.4. The Kier molecular flexibility index (Phi) is 73.5. The van der Waals surface area contributed by atoms with Gasteiger partial charge in [-0.2, -0.15) is 0 Å². The van der Waals surface area contributed by atoms with Crippen LogP contribution in [0.3, 0.4) is 0 Å². The number of hydrogen-bond donors (Lipinski definition) is 3. The van der Waals surface area contributed by atoms with Crippen LogP contribution in [0.1, 0.15) is 297 Å². The fraction of sp³-hybridized carbons (Fsp3) is 0.632. The molecule has 17 nitrogen and oxygen atoms in total. The van der Waals surface area contributed by atoms with Crippen LogP contribution in [-0.4, -0.2) is 96.7 Å². The van der Waals surface area contributed by atoms with E-state index in [1.807, 2.05) is 0 Å². The van der Waals surface area contributed by atoms with Gasteiger partial charge in [-0.1, -0.05) is 288 Å². The molecule has 0 spiro atoms. The molecule has 106 heavy (non-hydrogen) atoms. The smallest absolute Gasteiger partial charge is 0.462 e. The predicted octanol–water partition coefficient (Wildman–Crippen LogP) is 23.8. The van der Waals surface area contributed by atoms with E-state index in [4.69, 9.17) is 37.0 Å². The van der Waals surface area contributed by atoms with Gasteiger partial charge in [-0.15, -0.1) is 0 Å². The number of carbonyl (C=O) groups excluding carboxylic acids is 4. The molecule has 0 heterocycles. The van der Waals surface area contributed by atoms with Crippen LogP contribution in [0, 0.1) is 0 Å². The number of phosphoric acid groups is 2. The molecule has 5 unspecified atom stereocenters. The largest absolute Gasteiger partial charge is 0.472 e. The number of unbranched alkanes of at least 4 members (excludes halogenated alkanes) is 20. The van der Waals surface area contributed by atoms with Crippen LogP contribution >= 0.6 is 15.6 Å². The summed E-state index contributed by atoms with van der Waals surface area (Å²) in [4.78, 5) is 73.1. The van der Waals surface area contributed by atoms with Gasteiger partial charge in [0.25, 0.3) is 0 Å². The SMILES string of the molecule is CC/C=C\C/C=C\C/C=C\C/C=C\C/C=C\CCCCCC(=O)OCC(COP(=O)(O)OCC(O)COP(=O)(O)OCC(COC(=O)CCCCC/C=C\C/C=C\C/C=C\C/C=C\C/C=C\CC)OC(=O)CCCCCCCCCCCCCCC)OC(=O)CCCC/C=C\C/C=C\C/C=C\C/C=C\CC. The van der Waals surface area contributed by atoms with E-state index in [1.165, 1.54) is 51.4 Å². The van der Waals surface area contributed by atoms with E-state index >= 15 is 0 Å². The lowest BCUT2D eigenvalue weighted by Gasteiger charge is -2.21. The highest BCUT2D eigenvalue weighted by Gasteiger charge is 2.30. The number of aliphatic hydroxyl groups excluding tert-OH is 1. The maximum absolute atomic E-state index is 13.1. The van der Waals surface area contributed by atoms with Crippen molar-refractivity contribution in [3.05, 3.63) is 170 Å². The van der Waals surface area contributed by atoms with E-state index in [0.29, 0.717) is 32.1 Å². The van der Waals surface area contributed by atoms with E-state index in [1.54, 1.807) is 0 Å². The second-order valence-corrected chi connectivity index (χ2v) is 29.1. The highest BCUT2D eigenvalue weighted by Crippen LogP contribution is 2.45. The van der Waals surface area contributed by atoms with Gasteiger partial charge in [0, 0.05) is 25.7 Å². The molecule has 0 aromatic heterocycles. The molecule has 602 valence electrons. The molecule has 3 N–H and O–H groups in total. The standard InChI is InChI=1S/C87H142O17P2/c1-5-9-13-17-21-25-29-33-36-38-40-42-45-48-51-55-59-63-67-71-84(89)97-77-82(103-86(91)73-69-65-61-57-53-47-32-28-24-20-16-12-8-4)79-101-105(93,94)99-75-81(88)76-100-106(95,96)102-80-83(104-87(92)74-70-66-62-58-54-50-44-35-31-27-23-19-15-11-7-3)78-98-85(90)72-68-64-60-56-52-49-46-43-41-39-37-34-30-26-22-18-14-10-6-2/h9-11,13-15,21-23,25-27,33-37,40-44,48-49,51-52,54,58,81-83,88H,5-8,12,16-20,24,28-32,38-39,45-47,50,53,55-57,59-80H2,1-4H3,(H,93,94)(H,95,96)/b13-9-,14-10-,15-11-,25-21-,26-22-,27-23-,36-33-,37-34-,42-40-,43-41-,44-35-,51-48-,52-49-,58-54-. The molecule has 0 bridgehead atoms. The van der Waals surface area contributed by atoms with Crippen LogP contribution in [0.5, 0.6) is 0 Å². The summed E-state index contributed by atoms with van der Waals surface area (Å²) in [5, 5.41) is 10.6. The van der Waals surface area contributed by atoms with Gasteiger partial charge < -0.3 is 33.8 Å². The molecule has 0 saturated carbocycles. The summed E-state index contributed by atoms with van der Waals surface area (Å²) in [6.07, 6.45) is 91.9. The normalized spacial score (nSPS) is 14.7. The monoisotopic (exact) mass is 1520 g/mol. The Morgan fingerprint density at radius 1 is 0.274 bits per heavy atom. The number of aliphatic hydroxyl groups is 1. The van der Waals surface area contributed by atoms with Crippen LogP contribution in [-0.2, 0) is 65.4 Å². The number of hydrogen-bond acceptors (Lipinski definition) is 15. The second-order valence-electron chi connectivity index (χ2n) is 26.2. The van der Waals surface area contributed by atoms with Gasteiger partial charge >= 0.3 is 39.5 Å². The lowest BCUT2D eigenvalue weighted by atomic mass is 10.0. The van der Waals surface area contributed by atoms with Crippen molar-refractivity contribution in [2.75, 3.05) is 39.6 Å². The molecule has 0 aromatic rings. The molecule has 0 aliphatic rings. The molecule has 5 atom stereocenters. The molecule has 0 rings (SSSR count). The van der Waals surface area contributed by atoms with Crippen molar-refractivity contribution in [3.63, 3.8) is 0 Å². The fourth-order valence-electron chi connectivity index (χ4n) is 10.1. The van der Waals surface area contributed by atoms with Crippen molar-refractivity contribution in [1.82, 2.24) is 0 Å². The molecule has 0 saturated heterocycles. The Balaban J connectivity index is 5.45. The van der Waals surface area contributed by atoms with Crippen LogP contribution in [0.15, 0.2) is 170 Å².